The van der Waals surface area contributed by atoms with Crippen molar-refractivity contribution in [1.29, 1.82) is 0 Å². The van der Waals surface area contributed by atoms with Crippen molar-refractivity contribution < 1.29 is 18.0 Å². The molecule has 176 valence electrons. The van der Waals surface area contributed by atoms with Crippen molar-refractivity contribution in [3.05, 3.63) is 77.1 Å². The monoisotopic (exact) mass is 479 g/mol. The highest BCUT2D eigenvalue weighted by molar-refractivity contribution is 7.89. The van der Waals surface area contributed by atoms with Gasteiger partial charge in [-0.1, -0.05) is 24.3 Å². The van der Waals surface area contributed by atoms with Gasteiger partial charge in [-0.15, -0.1) is 0 Å². The van der Waals surface area contributed by atoms with Gasteiger partial charge in [-0.3, -0.25) is 20.4 Å². The molecule has 0 radical (unpaired) electrons. The number of para-hydroxylation sites is 1. The minimum absolute atomic E-state index is 0.0628. The van der Waals surface area contributed by atoms with Crippen molar-refractivity contribution in [2.45, 2.75) is 37.0 Å². The van der Waals surface area contributed by atoms with Crippen molar-refractivity contribution in [2.24, 2.45) is 0 Å². The molecule has 2 amide bonds. The van der Waals surface area contributed by atoms with Gasteiger partial charge in [-0.05, 0) is 62.4 Å². The van der Waals surface area contributed by atoms with Gasteiger partial charge in [-0.25, -0.2) is 13.1 Å². The number of sulfonamides is 1. The molecule has 9 nitrogen and oxygen atoms in total. The number of carbonyl (C=O) groups is 2. The van der Waals surface area contributed by atoms with Crippen LogP contribution in [0.2, 0.25) is 0 Å². The molecule has 2 aliphatic rings. The Morgan fingerprint density at radius 1 is 0.853 bits per heavy atom. The van der Waals surface area contributed by atoms with E-state index in [9.17, 15) is 18.0 Å². The third-order valence-electron chi connectivity index (χ3n) is 6.23. The first kappa shape index (κ1) is 22.3. The van der Waals surface area contributed by atoms with E-state index in [1.54, 1.807) is 4.68 Å². The Morgan fingerprint density at radius 2 is 1.59 bits per heavy atom. The molecule has 0 atom stereocenters. The van der Waals surface area contributed by atoms with Crippen LogP contribution in [0.3, 0.4) is 0 Å². The second-order valence-electron chi connectivity index (χ2n) is 8.42. The highest BCUT2D eigenvalue weighted by Crippen LogP contribution is 2.27. The summed E-state index contributed by atoms with van der Waals surface area (Å²) in [5, 5.41) is 4.51. The molecule has 3 aromatic rings. The zero-order chi connectivity index (χ0) is 23.7. The fraction of sp³-hybridized carbons (Fsp3) is 0.292. The molecular weight excluding hydrogens is 454 g/mol. The molecule has 0 bridgehead atoms. The van der Waals surface area contributed by atoms with Crippen LogP contribution in [0.5, 0.6) is 0 Å². The lowest BCUT2D eigenvalue weighted by Crippen LogP contribution is -2.42. The zero-order valence-electron chi connectivity index (χ0n) is 18.5. The van der Waals surface area contributed by atoms with Crippen LogP contribution in [0.15, 0.2) is 59.5 Å². The zero-order valence-corrected chi connectivity index (χ0v) is 19.3. The van der Waals surface area contributed by atoms with Crippen LogP contribution in [-0.4, -0.2) is 47.4 Å². The lowest BCUT2D eigenvalue weighted by Gasteiger charge is -2.16. The Labute approximate surface area is 197 Å². The predicted molar refractivity (Wildman–Crippen MR) is 125 cm³/mol. The van der Waals surface area contributed by atoms with Crippen LogP contribution in [-0.2, 0) is 22.9 Å². The Hall–Kier alpha value is -3.50. The molecule has 2 heterocycles. The fourth-order valence-electron chi connectivity index (χ4n) is 4.52. The minimum atomic E-state index is -3.65. The molecule has 2 N–H and O–H groups in total. The van der Waals surface area contributed by atoms with Gasteiger partial charge in [0.2, 0.25) is 10.0 Å². The van der Waals surface area contributed by atoms with Gasteiger partial charge in [0.15, 0.2) is 5.69 Å². The van der Waals surface area contributed by atoms with Crippen molar-refractivity contribution >= 4 is 21.8 Å². The maximum atomic E-state index is 12.9. The van der Waals surface area contributed by atoms with E-state index in [0.717, 1.165) is 49.0 Å². The van der Waals surface area contributed by atoms with Gasteiger partial charge in [0.1, 0.15) is 0 Å². The second kappa shape index (κ2) is 9.03. The number of nitrogens with one attached hydrogen (secondary N) is 2. The second-order valence-corrected chi connectivity index (χ2v) is 10.4. The van der Waals surface area contributed by atoms with Gasteiger partial charge in [0, 0.05) is 29.9 Å². The molecule has 1 aliphatic heterocycles. The molecule has 1 aliphatic carbocycles. The van der Waals surface area contributed by atoms with E-state index in [2.05, 4.69) is 16.0 Å². The summed E-state index contributed by atoms with van der Waals surface area (Å²) in [5.41, 5.74) is 8.00. The van der Waals surface area contributed by atoms with Crippen LogP contribution in [0.4, 0.5) is 0 Å². The molecule has 0 unspecified atom stereocenters. The largest absolute Gasteiger partial charge is 0.290 e. The predicted octanol–water partition coefficient (Wildman–Crippen LogP) is 2.22. The van der Waals surface area contributed by atoms with Crippen molar-refractivity contribution in [2.75, 3.05) is 13.1 Å². The first-order valence-corrected chi connectivity index (χ1v) is 12.8. The third kappa shape index (κ3) is 4.10. The van der Waals surface area contributed by atoms with Crippen molar-refractivity contribution in [3.63, 3.8) is 0 Å². The van der Waals surface area contributed by atoms with Crippen LogP contribution >= 0.6 is 0 Å². The Bertz CT molecular complexity index is 1340. The first-order chi connectivity index (χ1) is 16.4. The maximum Gasteiger partial charge on any atom is 0.290 e. The van der Waals surface area contributed by atoms with Gasteiger partial charge < -0.3 is 0 Å². The van der Waals surface area contributed by atoms with E-state index >= 15 is 0 Å². The lowest BCUT2D eigenvalue weighted by atomic mass is 10.2. The fourth-order valence-corrected chi connectivity index (χ4v) is 6.09. The SMILES string of the molecule is O=C(NNC(=O)c1nn(-c2ccccc2)c2c1CCC2)c1cccc(S(=O)(=O)N2CCCC2)c1. The van der Waals surface area contributed by atoms with E-state index in [1.807, 2.05) is 30.3 Å². The van der Waals surface area contributed by atoms with Gasteiger partial charge >= 0.3 is 0 Å². The van der Waals surface area contributed by atoms with Gasteiger partial charge in [-0.2, -0.15) is 9.40 Å². The summed E-state index contributed by atoms with van der Waals surface area (Å²) >= 11 is 0. The third-order valence-corrected chi connectivity index (χ3v) is 8.13. The van der Waals surface area contributed by atoms with Gasteiger partial charge in [0.25, 0.3) is 11.8 Å². The van der Waals surface area contributed by atoms with E-state index in [0.29, 0.717) is 13.1 Å². The Kier molecular flexibility index (Phi) is 5.93. The molecule has 34 heavy (non-hydrogen) atoms. The Balaban J connectivity index is 1.31. The number of rotatable bonds is 5. The molecule has 10 heteroatoms. The quantitative estimate of drug-likeness (QED) is 0.545. The molecule has 0 saturated carbocycles. The normalized spacial score (nSPS) is 15.8. The maximum absolute atomic E-state index is 12.9. The molecule has 1 fully saturated rings. The minimum Gasteiger partial charge on any atom is -0.267 e. The summed E-state index contributed by atoms with van der Waals surface area (Å²) in [6.07, 6.45) is 4.17. The smallest absolute Gasteiger partial charge is 0.267 e. The average molecular weight is 480 g/mol. The number of hydrogen-bond donors (Lipinski definition) is 2. The molecule has 5 rings (SSSR count). The Morgan fingerprint density at radius 3 is 2.35 bits per heavy atom. The number of benzene rings is 2. The summed E-state index contributed by atoms with van der Waals surface area (Å²) in [5.74, 6) is -1.12. The van der Waals surface area contributed by atoms with Crippen LogP contribution < -0.4 is 10.9 Å². The molecule has 1 aromatic heterocycles. The van der Waals surface area contributed by atoms with Crippen molar-refractivity contribution in [1.82, 2.24) is 24.9 Å². The summed E-state index contributed by atoms with van der Waals surface area (Å²) in [4.78, 5) is 25.6. The summed E-state index contributed by atoms with van der Waals surface area (Å²) in [7, 11) is -3.65. The number of hydrogen-bond acceptors (Lipinski definition) is 5. The molecular formula is C24H25N5O4S. The number of hydrazine groups is 1. The molecule has 0 spiro atoms. The standard InChI is InChI=1S/C24H25N5O4S/c30-23(17-8-6-11-19(16-17)34(32,33)28-14-4-5-15-28)25-26-24(31)22-20-12-7-13-21(20)29(27-22)18-9-2-1-3-10-18/h1-3,6,8-11,16H,4-5,7,12-15H2,(H,25,30)(H,26,31). The lowest BCUT2D eigenvalue weighted by molar-refractivity contribution is 0.0843. The van der Waals surface area contributed by atoms with E-state index in [1.165, 1.54) is 28.6 Å². The van der Waals surface area contributed by atoms with E-state index in [4.69, 9.17) is 0 Å². The topological polar surface area (TPSA) is 113 Å². The summed E-state index contributed by atoms with van der Waals surface area (Å²) in [6, 6.07) is 15.4. The summed E-state index contributed by atoms with van der Waals surface area (Å²) in [6.45, 7) is 0.962. The number of amides is 2. The van der Waals surface area contributed by atoms with E-state index < -0.39 is 21.8 Å². The van der Waals surface area contributed by atoms with Crippen molar-refractivity contribution in [3.8, 4) is 5.69 Å². The number of fused-ring (bicyclic) bond motifs is 1. The molecule has 2 aromatic carbocycles. The number of aromatic nitrogens is 2. The summed E-state index contributed by atoms with van der Waals surface area (Å²) < 4.78 is 28.8. The van der Waals surface area contributed by atoms with Crippen LogP contribution in [0.25, 0.3) is 5.69 Å². The number of nitrogens with zero attached hydrogens (tertiary/aromatic N) is 3. The first-order valence-electron chi connectivity index (χ1n) is 11.3. The van der Waals surface area contributed by atoms with Crippen LogP contribution in [0, 0.1) is 0 Å². The van der Waals surface area contributed by atoms with Gasteiger partial charge in [0.05, 0.1) is 10.6 Å². The average Bonchev–Trinajstić information content (AvgIpc) is 3.61. The van der Waals surface area contributed by atoms with E-state index in [-0.39, 0.29) is 16.2 Å². The number of carbonyl (C=O) groups excluding carboxylic acids is 2. The van der Waals surface area contributed by atoms with Crippen LogP contribution in [0.1, 0.15) is 51.4 Å². The molecule has 1 saturated heterocycles. The highest BCUT2D eigenvalue weighted by Gasteiger charge is 2.29. The highest BCUT2D eigenvalue weighted by atomic mass is 32.2.